The van der Waals surface area contributed by atoms with E-state index in [2.05, 4.69) is 35.2 Å². The summed E-state index contributed by atoms with van der Waals surface area (Å²) in [5.74, 6) is 0.0950. The molecule has 0 saturated carbocycles. The number of ketones is 1. The molecule has 0 amide bonds. The second-order valence-corrected chi connectivity index (χ2v) is 4.47. The summed E-state index contributed by atoms with van der Waals surface area (Å²) in [6.45, 7) is 0. The minimum absolute atomic E-state index is 0.0268. The van der Waals surface area contributed by atoms with E-state index in [1.165, 1.54) is 0 Å². The van der Waals surface area contributed by atoms with Crippen molar-refractivity contribution < 1.29 is 4.79 Å². The van der Waals surface area contributed by atoms with Crippen LogP contribution < -0.4 is 0 Å². The van der Waals surface area contributed by atoms with Crippen molar-refractivity contribution in [2.75, 3.05) is 5.88 Å². The minimum Gasteiger partial charge on any atom is -0.298 e. The number of halogens is 2. The predicted molar refractivity (Wildman–Crippen MR) is 65.8 cm³/mol. The van der Waals surface area contributed by atoms with E-state index in [0.717, 1.165) is 14.0 Å². The maximum Gasteiger partial charge on any atom is 0.151 e. The Morgan fingerprint density at radius 2 is 2.23 bits per heavy atom. The van der Waals surface area contributed by atoms with Crippen LogP contribution in [-0.2, 0) is 11.2 Å². The van der Waals surface area contributed by atoms with Gasteiger partial charge >= 0.3 is 0 Å². The maximum absolute atomic E-state index is 11.1. The first kappa shape index (κ1) is 11.3. The largest absolute Gasteiger partial charge is 0.298 e. The average molecular weight is 327 g/mol. The number of Topliss-reactive ketones (excluding diaryl/α,β-unsaturated/α-hetero) is 1. The molecule has 0 N–H and O–H groups in total. The lowest BCUT2D eigenvalue weighted by Crippen LogP contribution is -2.04. The van der Waals surface area contributed by atoms with Crippen LogP contribution in [-0.4, -0.2) is 11.7 Å². The molecule has 1 nitrogen and oxygen atoms in total. The molecule has 0 aromatic heterocycles. The highest BCUT2D eigenvalue weighted by Crippen LogP contribution is 2.21. The molecule has 13 heavy (non-hydrogen) atoms. The van der Waals surface area contributed by atoms with Crippen molar-refractivity contribution in [3.05, 3.63) is 27.3 Å². The smallest absolute Gasteiger partial charge is 0.151 e. The molecule has 1 aromatic rings. The molecule has 4 heteroatoms. The third-order valence-electron chi connectivity index (χ3n) is 1.61. The van der Waals surface area contributed by atoms with Gasteiger partial charge in [-0.3, -0.25) is 4.79 Å². The van der Waals surface area contributed by atoms with Crippen molar-refractivity contribution >= 4 is 52.6 Å². The van der Waals surface area contributed by atoms with Crippen LogP contribution in [0.15, 0.2) is 23.1 Å². The monoisotopic (exact) mass is 326 g/mol. The minimum atomic E-state index is 0.0268. The number of hydrogen-bond acceptors (Lipinski definition) is 2. The van der Waals surface area contributed by atoms with Crippen LogP contribution in [0, 0.1) is 3.57 Å². The zero-order chi connectivity index (χ0) is 9.84. The molecule has 1 aromatic carbocycles. The fourth-order valence-corrected chi connectivity index (χ4v) is 1.84. The van der Waals surface area contributed by atoms with Gasteiger partial charge in [0.15, 0.2) is 5.78 Å². The van der Waals surface area contributed by atoms with Crippen molar-refractivity contribution in [2.24, 2.45) is 0 Å². The van der Waals surface area contributed by atoms with Crippen molar-refractivity contribution in [1.82, 2.24) is 0 Å². The van der Waals surface area contributed by atoms with E-state index < -0.39 is 0 Å². The van der Waals surface area contributed by atoms with Crippen LogP contribution in [0.1, 0.15) is 5.56 Å². The molecule has 1 rings (SSSR count). The third kappa shape index (κ3) is 3.14. The van der Waals surface area contributed by atoms with Crippen LogP contribution in [0.4, 0.5) is 0 Å². The Morgan fingerprint density at radius 1 is 1.54 bits per heavy atom. The van der Waals surface area contributed by atoms with Gasteiger partial charge in [0.25, 0.3) is 0 Å². The molecule has 0 spiro atoms. The molecule has 0 aliphatic heterocycles. The first-order valence-corrected chi connectivity index (χ1v) is 5.75. The number of alkyl halides is 1. The van der Waals surface area contributed by atoms with Crippen LogP contribution in [0.5, 0.6) is 0 Å². The third-order valence-corrected chi connectivity index (χ3v) is 3.76. The molecule has 70 valence electrons. The molecule has 0 bridgehead atoms. The van der Waals surface area contributed by atoms with Gasteiger partial charge in [0.1, 0.15) is 0 Å². The Kier molecular flexibility index (Phi) is 4.55. The van der Waals surface area contributed by atoms with Crippen molar-refractivity contribution in [3.63, 3.8) is 0 Å². The number of hydrogen-bond donors (Lipinski definition) is 1. The fraction of sp³-hybridized carbons (Fsp3) is 0.222. The summed E-state index contributed by atoms with van der Waals surface area (Å²) in [7, 11) is 0. The quantitative estimate of drug-likeness (QED) is 0.513. The molecule has 0 heterocycles. The molecule has 0 aliphatic rings. The number of benzene rings is 1. The van der Waals surface area contributed by atoms with E-state index in [1.807, 2.05) is 18.2 Å². The fourth-order valence-electron chi connectivity index (χ4n) is 0.962. The Balaban J connectivity index is 2.89. The number of rotatable bonds is 3. The highest BCUT2D eigenvalue weighted by atomic mass is 127. The van der Waals surface area contributed by atoms with Crippen LogP contribution in [0.25, 0.3) is 0 Å². The van der Waals surface area contributed by atoms with E-state index in [0.29, 0.717) is 6.42 Å². The lowest BCUT2D eigenvalue weighted by atomic mass is 10.1. The van der Waals surface area contributed by atoms with Gasteiger partial charge < -0.3 is 0 Å². The average Bonchev–Trinajstić information content (AvgIpc) is 2.13. The topological polar surface area (TPSA) is 17.1 Å². The summed E-state index contributed by atoms with van der Waals surface area (Å²) in [5, 5.41) is 0. The van der Waals surface area contributed by atoms with E-state index in [1.54, 1.807) is 0 Å². The van der Waals surface area contributed by atoms with E-state index in [-0.39, 0.29) is 11.7 Å². The number of carbonyl (C=O) groups excluding carboxylic acids is 1. The summed E-state index contributed by atoms with van der Waals surface area (Å²) in [5.41, 5.74) is 0.945. The Hall–Kier alpha value is 0.260. The maximum atomic E-state index is 11.1. The number of thiol groups is 1. The normalized spacial score (nSPS) is 10.1. The molecule has 0 unspecified atom stereocenters. The van der Waals surface area contributed by atoms with Crippen LogP contribution in [0.3, 0.4) is 0 Å². The van der Waals surface area contributed by atoms with Gasteiger partial charge in [-0.15, -0.1) is 24.2 Å². The standard InChI is InChI=1S/C9H8ClIOS/c10-5-7(12)4-6-2-1-3-8(11)9(6)13/h1-3,13H,4-5H2. The lowest BCUT2D eigenvalue weighted by molar-refractivity contribution is -0.116. The Bertz CT molecular complexity index is 327. The van der Waals surface area contributed by atoms with Gasteiger partial charge in [0.05, 0.1) is 5.88 Å². The van der Waals surface area contributed by atoms with E-state index >= 15 is 0 Å². The van der Waals surface area contributed by atoms with Crippen molar-refractivity contribution in [3.8, 4) is 0 Å². The molecule has 0 fully saturated rings. The second-order valence-electron chi connectivity index (χ2n) is 2.60. The first-order valence-electron chi connectivity index (χ1n) is 3.69. The summed E-state index contributed by atoms with van der Waals surface area (Å²) >= 11 is 11.9. The van der Waals surface area contributed by atoms with E-state index in [9.17, 15) is 4.79 Å². The molecule has 0 radical (unpaired) electrons. The predicted octanol–water partition coefficient (Wildman–Crippen LogP) is 2.93. The van der Waals surface area contributed by atoms with Gasteiger partial charge in [0, 0.05) is 14.9 Å². The highest BCUT2D eigenvalue weighted by molar-refractivity contribution is 14.1. The summed E-state index contributed by atoms with van der Waals surface area (Å²) in [6.07, 6.45) is 0.374. The molecule has 0 saturated heterocycles. The summed E-state index contributed by atoms with van der Waals surface area (Å²) < 4.78 is 1.06. The van der Waals surface area contributed by atoms with Gasteiger partial charge in [-0.1, -0.05) is 12.1 Å². The van der Waals surface area contributed by atoms with Gasteiger partial charge in [0.2, 0.25) is 0 Å². The van der Waals surface area contributed by atoms with Gasteiger partial charge in [-0.05, 0) is 34.2 Å². The second kappa shape index (κ2) is 5.22. The summed E-state index contributed by atoms with van der Waals surface area (Å²) in [6, 6.07) is 5.77. The lowest BCUT2D eigenvalue weighted by Gasteiger charge is -2.04. The Morgan fingerprint density at radius 3 is 2.85 bits per heavy atom. The van der Waals surface area contributed by atoms with Gasteiger partial charge in [-0.25, -0.2) is 0 Å². The van der Waals surface area contributed by atoms with Crippen molar-refractivity contribution in [2.45, 2.75) is 11.3 Å². The first-order chi connectivity index (χ1) is 6.15. The number of carbonyl (C=O) groups is 1. The Labute approximate surface area is 101 Å². The van der Waals surface area contributed by atoms with E-state index in [4.69, 9.17) is 11.6 Å². The molecule has 0 aliphatic carbocycles. The molecular formula is C9H8ClIOS. The van der Waals surface area contributed by atoms with Crippen LogP contribution >= 0.6 is 46.8 Å². The molecular weight excluding hydrogens is 319 g/mol. The van der Waals surface area contributed by atoms with Gasteiger partial charge in [-0.2, -0.15) is 0 Å². The highest BCUT2D eigenvalue weighted by Gasteiger charge is 2.06. The van der Waals surface area contributed by atoms with Crippen molar-refractivity contribution in [1.29, 1.82) is 0 Å². The summed E-state index contributed by atoms with van der Waals surface area (Å²) in [4.78, 5) is 12.0. The SMILES string of the molecule is O=C(CCl)Cc1cccc(I)c1S. The zero-order valence-electron chi connectivity index (χ0n) is 6.76. The van der Waals surface area contributed by atoms with Crippen LogP contribution in [0.2, 0.25) is 0 Å². The molecule has 0 atom stereocenters. The zero-order valence-corrected chi connectivity index (χ0v) is 10.6.